The fourth-order valence-corrected chi connectivity index (χ4v) is 4.52. The number of methoxy groups -OCH3 is 1. The van der Waals surface area contributed by atoms with Crippen LogP contribution in [0.3, 0.4) is 0 Å². The first-order chi connectivity index (χ1) is 13.6. The molecule has 1 aliphatic heterocycles. The lowest BCUT2D eigenvalue weighted by molar-refractivity contribution is -0.119. The van der Waals surface area contributed by atoms with Gasteiger partial charge >= 0.3 is 5.69 Å². The summed E-state index contributed by atoms with van der Waals surface area (Å²) in [6, 6.07) is 9.58. The molecule has 2 aromatic heterocycles. The number of hydrogen-bond donors (Lipinski definition) is 0. The summed E-state index contributed by atoms with van der Waals surface area (Å²) in [5, 5.41) is 1.77. The molecule has 0 saturated heterocycles. The standard InChI is InChI=1S/C20H21N3O4S/c1-27-11-10-22-19(25)18-16(8-12-28-18)23(20(22)26)13-17(24)21-9-4-6-14-5-2-3-7-15(14)21/h2-3,5,7-8,12H,4,6,9-11,13H2,1H3. The second kappa shape index (κ2) is 7.73. The molecule has 1 aliphatic rings. The minimum Gasteiger partial charge on any atom is -0.383 e. The monoisotopic (exact) mass is 399 g/mol. The average Bonchev–Trinajstić information content (AvgIpc) is 3.20. The minimum absolute atomic E-state index is 0.104. The zero-order valence-electron chi connectivity index (χ0n) is 15.6. The molecule has 0 saturated carbocycles. The Morgan fingerprint density at radius 2 is 2.00 bits per heavy atom. The number of benzene rings is 1. The van der Waals surface area contributed by atoms with Gasteiger partial charge in [0.1, 0.15) is 11.2 Å². The Labute approximate surface area is 165 Å². The van der Waals surface area contributed by atoms with Crippen molar-refractivity contribution in [2.45, 2.75) is 25.9 Å². The fraction of sp³-hybridized carbons (Fsp3) is 0.350. The molecule has 146 valence electrons. The second-order valence-corrected chi connectivity index (χ2v) is 7.65. The number of ether oxygens (including phenoxy) is 1. The van der Waals surface area contributed by atoms with Gasteiger partial charge in [-0.1, -0.05) is 18.2 Å². The van der Waals surface area contributed by atoms with Gasteiger partial charge in [-0.25, -0.2) is 4.79 Å². The van der Waals surface area contributed by atoms with Crippen LogP contribution >= 0.6 is 11.3 Å². The molecule has 0 atom stereocenters. The highest BCUT2D eigenvalue weighted by Crippen LogP contribution is 2.27. The SMILES string of the molecule is COCCn1c(=O)c2sccc2n(CC(=O)N2CCCc3ccccc32)c1=O. The van der Waals surface area contributed by atoms with Crippen molar-refractivity contribution in [3.8, 4) is 0 Å². The van der Waals surface area contributed by atoms with Crippen LogP contribution in [0.1, 0.15) is 12.0 Å². The summed E-state index contributed by atoms with van der Waals surface area (Å²) in [6.07, 6.45) is 1.83. The van der Waals surface area contributed by atoms with Gasteiger partial charge in [0.2, 0.25) is 5.91 Å². The predicted molar refractivity (Wildman–Crippen MR) is 109 cm³/mol. The van der Waals surface area contributed by atoms with E-state index in [9.17, 15) is 14.4 Å². The topological polar surface area (TPSA) is 73.5 Å². The van der Waals surface area contributed by atoms with Gasteiger partial charge in [0, 0.05) is 19.3 Å². The van der Waals surface area contributed by atoms with E-state index in [1.54, 1.807) is 16.3 Å². The number of nitrogens with zero attached hydrogens (tertiary/aromatic N) is 3. The van der Waals surface area contributed by atoms with E-state index in [0.717, 1.165) is 28.7 Å². The minimum atomic E-state index is -0.480. The molecular formula is C20H21N3O4S. The summed E-state index contributed by atoms with van der Waals surface area (Å²) in [4.78, 5) is 40.5. The molecule has 1 amide bonds. The van der Waals surface area contributed by atoms with Gasteiger partial charge in [-0.15, -0.1) is 11.3 Å². The average molecular weight is 399 g/mol. The van der Waals surface area contributed by atoms with Crippen molar-refractivity contribution in [1.82, 2.24) is 9.13 Å². The summed E-state index contributed by atoms with van der Waals surface area (Å²) < 4.78 is 8.06. The van der Waals surface area contributed by atoms with Crippen LogP contribution in [0.5, 0.6) is 0 Å². The van der Waals surface area contributed by atoms with E-state index < -0.39 is 5.69 Å². The molecule has 7 nitrogen and oxygen atoms in total. The van der Waals surface area contributed by atoms with Crippen LogP contribution in [0, 0.1) is 0 Å². The van der Waals surface area contributed by atoms with Crippen molar-refractivity contribution in [3.05, 3.63) is 62.1 Å². The first-order valence-corrected chi connectivity index (χ1v) is 10.1. The van der Waals surface area contributed by atoms with Crippen molar-refractivity contribution >= 4 is 33.1 Å². The van der Waals surface area contributed by atoms with Crippen LogP contribution in [-0.2, 0) is 29.0 Å². The molecule has 0 fully saturated rings. The van der Waals surface area contributed by atoms with E-state index in [4.69, 9.17) is 4.74 Å². The summed E-state index contributed by atoms with van der Waals surface area (Å²) in [5.74, 6) is -0.154. The van der Waals surface area contributed by atoms with E-state index in [2.05, 4.69) is 0 Å². The predicted octanol–water partition coefficient (Wildman–Crippen LogP) is 1.85. The summed E-state index contributed by atoms with van der Waals surface area (Å²) in [5.41, 5.74) is 1.74. The third-order valence-corrected chi connectivity index (χ3v) is 5.95. The Morgan fingerprint density at radius 3 is 2.82 bits per heavy atom. The molecule has 0 aliphatic carbocycles. The first-order valence-electron chi connectivity index (χ1n) is 9.20. The lowest BCUT2D eigenvalue weighted by Crippen LogP contribution is -2.44. The third kappa shape index (κ3) is 3.18. The number of aryl methyl sites for hydroxylation is 1. The third-order valence-electron chi connectivity index (χ3n) is 5.06. The van der Waals surface area contributed by atoms with Crippen LogP contribution in [0.15, 0.2) is 45.3 Å². The van der Waals surface area contributed by atoms with Crippen LogP contribution < -0.4 is 16.1 Å². The number of carbonyl (C=O) groups excluding carboxylic acids is 1. The van der Waals surface area contributed by atoms with Crippen LogP contribution in [0.2, 0.25) is 0 Å². The Bertz CT molecular complexity index is 1140. The van der Waals surface area contributed by atoms with Crippen molar-refractivity contribution in [2.75, 3.05) is 25.2 Å². The number of carbonyl (C=O) groups is 1. The Hall–Kier alpha value is -2.71. The van der Waals surface area contributed by atoms with Crippen LogP contribution in [0.25, 0.3) is 10.2 Å². The molecule has 1 aromatic carbocycles. The van der Waals surface area contributed by atoms with E-state index in [0.29, 0.717) is 16.8 Å². The maximum Gasteiger partial charge on any atom is 0.332 e. The first kappa shape index (κ1) is 18.6. The molecule has 0 spiro atoms. The molecule has 28 heavy (non-hydrogen) atoms. The molecule has 0 unspecified atom stereocenters. The van der Waals surface area contributed by atoms with E-state index in [1.165, 1.54) is 23.0 Å². The smallest absolute Gasteiger partial charge is 0.332 e. The summed E-state index contributed by atoms with van der Waals surface area (Å²) in [6.45, 7) is 0.927. The normalized spacial score (nSPS) is 13.7. The van der Waals surface area contributed by atoms with Crippen LogP contribution in [0.4, 0.5) is 5.69 Å². The van der Waals surface area contributed by atoms with Crippen molar-refractivity contribution < 1.29 is 9.53 Å². The number of amides is 1. The zero-order valence-corrected chi connectivity index (χ0v) is 16.4. The van der Waals surface area contributed by atoms with E-state index in [1.807, 2.05) is 24.3 Å². The number of para-hydroxylation sites is 1. The maximum atomic E-state index is 13.1. The molecule has 4 rings (SSSR count). The Kier molecular flexibility index (Phi) is 5.15. The highest BCUT2D eigenvalue weighted by Gasteiger charge is 2.24. The van der Waals surface area contributed by atoms with Gasteiger partial charge in [-0.3, -0.25) is 18.7 Å². The number of thiophene rings is 1. The Balaban J connectivity index is 1.74. The molecular weight excluding hydrogens is 378 g/mol. The van der Waals surface area contributed by atoms with Gasteiger partial charge < -0.3 is 9.64 Å². The molecule has 0 radical (unpaired) electrons. The highest BCUT2D eigenvalue weighted by molar-refractivity contribution is 7.17. The molecule has 8 heteroatoms. The largest absolute Gasteiger partial charge is 0.383 e. The Morgan fingerprint density at radius 1 is 1.18 bits per heavy atom. The van der Waals surface area contributed by atoms with Crippen molar-refractivity contribution in [3.63, 3.8) is 0 Å². The summed E-state index contributed by atoms with van der Waals surface area (Å²) in [7, 11) is 1.52. The number of hydrogen-bond acceptors (Lipinski definition) is 5. The lowest BCUT2D eigenvalue weighted by atomic mass is 10.0. The van der Waals surface area contributed by atoms with Gasteiger partial charge in [-0.2, -0.15) is 0 Å². The summed E-state index contributed by atoms with van der Waals surface area (Å²) >= 11 is 1.28. The number of rotatable bonds is 5. The van der Waals surface area contributed by atoms with Crippen molar-refractivity contribution in [2.24, 2.45) is 0 Å². The highest BCUT2D eigenvalue weighted by atomic mass is 32.1. The fourth-order valence-electron chi connectivity index (χ4n) is 3.68. The molecule has 3 heterocycles. The maximum absolute atomic E-state index is 13.1. The lowest BCUT2D eigenvalue weighted by Gasteiger charge is -2.29. The van der Waals surface area contributed by atoms with Crippen LogP contribution in [-0.4, -0.2) is 35.3 Å². The number of anilines is 1. The van der Waals surface area contributed by atoms with E-state index >= 15 is 0 Å². The van der Waals surface area contributed by atoms with Gasteiger partial charge in [0.05, 0.1) is 18.7 Å². The van der Waals surface area contributed by atoms with Gasteiger partial charge in [0.25, 0.3) is 5.56 Å². The number of aromatic nitrogens is 2. The van der Waals surface area contributed by atoms with Gasteiger partial charge in [-0.05, 0) is 35.9 Å². The van der Waals surface area contributed by atoms with E-state index in [-0.39, 0.29) is 31.2 Å². The zero-order chi connectivity index (χ0) is 19.7. The number of fused-ring (bicyclic) bond motifs is 2. The quantitative estimate of drug-likeness (QED) is 0.656. The second-order valence-electron chi connectivity index (χ2n) is 6.73. The van der Waals surface area contributed by atoms with Crippen molar-refractivity contribution in [1.29, 1.82) is 0 Å². The molecule has 0 bridgehead atoms. The van der Waals surface area contributed by atoms with Gasteiger partial charge in [0.15, 0.2) is 0 Å². The molecule has 0 N–H and O–H groups in total. The molecule has 3 aromatic rings.